The first kappa shape index (κ1) is 28.2. The van der Waals surface area contributed by atoms with Gasteiger partial charge in [0, 0.05) is 6.42 Å². The van der Waals surface area contributed by atoms with Crippen molar-refractivity contribution in [3.8, 4) is 5.75 Å². The van der Waals surface area contributed by atoms with Crippen LogP contribution in [0, 0.1) is 5.92 Å². The zero-order chi connectivity index (χ0) is 25.0. The van der Waals surface area contributed by atoms with Crippen LogP contribution in [-0.4, -0.2) is 70.6 Å². The summed E-state index contributed by atoms with van der Waals surface area (Å²) in [4.78, 5) is 49.4. The second kappa shape index (κ2) is 14.4. The predicted octanol–water partition coefficient (Wildman–Crippen LogP) is 0.232. The van der Waals surface area contributed by atoms with Crippen LogP contribution < -0.4 is 21.7 Å². The Balaban J connectivity index is 2.97. The van der Waals surface area contributed by atoms with Crippen molar-refractivity contribution < 1.29 is 29.4 Å². The number of nitrogens with one attached hydrogen (secondary N) is 3. The second-order valence-electron chi connectivity index (χ2n) is 7.75. The van der Waals surface area contributed by atoms with E-state index in [4.69, 9.17) is 5.73 Å². The van der Waals surface area contributed by atoms with E-state index in [0.29, 0.717) is 17.7 Å². The lowest BCUT2D eigenvalue weighted by Gasteiger charge is -2.27. The number of aromatic hydroxyl groups is 1. The van der Waals surface area contributed by atoms with Gasteiger partial charge in [-0.25, -0.2) is 4.79 Å². The van der Waals surface area contributed by atoms with Crippen molar-refractivity contribution in [3.05, 3.63) is 29.8 Å². The molecule has 4 unspecified atom stereocenters. The molecule has 1 aromatic carbocycles. The number of thioether (sulfide) groups is 1. The summed E-state index contributed by atoms with van der Waals surface area (Å²) in [5.41, 5.74) is 5.97. The van der Waals surface area contributed by atoms with E-state index >= 15 is 0 Å². The quantitative estimate of drug-likeness (QED) is 0.219. The first-order valence-electron chi connectivity index (χ1n) is 10.7. The van der Waals surface area contributed by atoms with Crippen LogP contribution in [0.5, 0.6) is 5.75 Å². The third kappa shape index (κ3) is 9.70. The summed E-state index contributed by atoms with van der Waals surface area (Å²) < 4.78 is 0. The SMILES string of the molecule is CCC(C)C(NC(=O)CN)C(=O)NC(CCSC)C(=O)NC(Cc1ccc(O)cc1)C(=O)O. The molecule has 0 saturated heterocycles. The van der Waals surface area contributed by atoms with Gasteiger partial charge in [-0.3, -0.25) is 14.4 Å². The minimum absolute atomic E-state index is 0.00655. The Kier molecular flexibility index (Phi) is 12.3. The maximum Gasteiger partial charge on any atom is 0.326 e. The maximum atomic E-state index is 12.9. The molecule has 11 heteroatoms. The van der Waals surface area contributed by atoms with Crippen LogP contribution in [0.4, 0.5) is 0 Å². The molecular weight excluding hydrogens is 448 g/mol. The molecule has 0 aromatic heterocycles. The first-order valence-corrected chi connectivity index (χ1v) is 12.1. The van der Waals surface area contributed by atoms with E-state index in [-0.39, 0.29) is 31.1 Å². The summed E-state index contributed by atoms with van der Waals surface area (Å²) in [5.74, 6) is -2.47. The van der Waals surface area contributed by atoms with Crippen LogP contribution in [-0.2, 0) is 25.6 Å². The van der Waals surface area contributed by atoms with E-state index in [0.717, 1.165) is 0 Å². The van der Waals surface area contributed by atoms with Crippen LogP contribution in [0.3, 0.4) is 0 Å². The summed E-state index contributed by atoms with van der Waals surface area (Å²) in [5, 5.41) is 26.7. The maximum absolute atomic E-state index is 12.9. The van der Waals surface area contributed by atoms with Crippen LogP contribution in [0.15, 0.2) is 24.3 Å². The number of benzene rings is 1. The van der Waals surface area contributed by atoms with E-state index < -0.39 is 41.8 Å². The lowest BCUT2D eigenvalue weighted by Crippen LogP contribution is -2.58. The van der Waals surface area contributed by atoms with Gasteiger partial charge in [-0.1, -0.05) is 32.4 Å². The van der Waals surface area contributed by atoms with Gasteiger partial charge in [-0.05, 0) is 42.0 Å². The number of hydrogen-bond acceptors (Lipinski definition) is 7. The van der Waals surface area contributed by atoms with Crippen LogP contribution in [0.2, 0.25) is 0 Å². The highest BCUT2D eigenvalue weighted by Crippen LogP contribution is 2.13. The molecule has 1 rings (SSSR count). The molecule has 0 radical (unpaired) electrons. The third-order valence-corrected chi connectivity index (χ3v) is 5.88. The monoisotopic (exact) mass is 482 g/mol. The fraction of sp³-hybridized carbons (Fsp3) is 0.545. The van der Waals surface area contributed by atoms with Gasteiger partial charge in [0.1, 0.15) is 23.9 Å². The van der Waals surface area contributed by atoms with Gasteiger partial charge in [0.2, 0.25) is 17.7 Å². The Morgan fingerprint density at radius 3 is 2.15 bits per heavy atom. The smallest absolute Gasteiger partial charge is 0.326 e. The number of carbonyl (C=O) groups excluding carboxylic acids is 3. The molecule has 3 amide bonds. The Labute approximate surface area is 198 Å². The van der Waals surface area contributed by atoms with Gasteiger partial charge in [-0.2, -0.15) is 11.8 Å². The average Bonchev–Trinajstić information content (AvgIpc) is 2.79. The zero-order valence-electron chi connectivity index (χ0n) is 19.2. The van der Waals surface area contributed by atoms with Crippen molar-refractivity contribution >= 4 is 35.5 Å². The standard InChI is InChI=1S/C22H34N4O6S/c1-4-13(2)19(26-18(28)12-23)21(30)24-16(9-10-33-3)20(29)25-17(22(31)32)11-14-5-7-15(27)8-6-14/h5-8,13,16-17,19,27H,4,9-12,23H2,1-3H3,(H,24,30)(H,25,29)(H,26,28)(H,31,32). The molecule has 184 valence electrons. The molecule has 7 N–H and O–H groups in total. The average molecular weight is 483 g/mol. The fourth-order valence-electron chi connectivity index (χ4n) is 3.04. The zero-order valence-corrected chi connectivity index (χ0v) is 20.0. The number of amides is 3. The topological polar surface area (TPSA) is 171 Å². The summed E-state index contributed by atoms with van der Waals surface area (Å²) in [6, 6.07) is 2.93. The second-order valence-corrected chi connectivity index (χ2v) is 8.73. The number of rotatable bonds is 14. The summed E-state index contributed by atoms with van der Waals surface area (Å²) in [6.07, 6.45) is 2.75. The van der Waals surface area contributed by atoms with Crippen LogP contribution >= 0.6 is 11.8 Å². The van der Waals surface area contributed by atoms with Gasteiger partial charge >= 0.3 is 5.97 Å². The van der Waals surface area contributed by atoms with Gasteiger partial charge in [-0.15, -0.1) is 0 Å². The molecule has 0 fully saturated rings. The van der Waals surface area contributed by atoms with Crippen LogP contribution in [0.25, 0.3) is 0 Å². The molecule has 0 aliphatic rings. The van der Waals surface area contributed by atoms with Gasteiger partial charge in [0.25, 0.3) is 0 Å². The molecule has 1 aromatic rings. The largest absolute Gasteiger partial charge is 0.508 e. The van der Waals surface area contributed by atoms with Gasteiger partial charge in [0.05, 0.1) is 6.54 Å². The van der Waals surface area contributed by atoms with Crippen molar-refractivity contribution in [3.63, 3.8) is 0 Å². The fourth-order valence-corrected chi connectivity index (χ4v) is 3.51. The third-order valence-electron chi connectivity index (χ3n) is 5.23. The number of phenolic OH excluding ortho intramolecular Hbond substituents is 1. The summed E-state index contributed by atoms with van der Waals surface area (Å²) >= 11 is 1.48. The number of phenols is 1. The predicted molar refractivity (Wildman–Crippen MR) is 127 cm³/mol. The molecule has 4 atom stereocenters. The van der Waals surface area contributed by atoms with Gasteiger partial charge < -0.3 is 31.9 Å². The molecule has 0 heterocycles. The molecule has 33 heavy (non-hydrogen) atoms. The van der Waals surface area contributed by atoms with Gasteiger partial charge in [0.15, 0.2) is 0 Å². The number of carboxylic acid groups (broad SMARTS) is 1. The lowest BCUT2D eigenvalue weighted by atomic mass is 9.97. The number of hydrogen-bond donors (Lipinski definition) is 6. The van der Waals surface area contributed by atoms with E-state index in [2.05, 4.69) is 16.0 Å². The highest BCUT2D eigenvalue weighted by molar-refractivity contribution is 7.98. The van der Waals surface area contributed by atoms with Crippen molar-refractivity contribution in [2.24, 2.45) is 11.7 Å². The normalized spacial score (nSPS) is 14.4. The van der Waals surface area contributed by atoms with E-state index in [1.165, 1.54) is 23.9 Å². The Morgan fingerprint density at radius 2 is 1.64 bits per heavy atom. The Hall–Kier alpha value is -2.79. The minimum Gasteiger partial charge on any atom is -0.508 e. The van der Waals surface area contributed by atoms with Crippen molar-refractivity contribution in [2.45, 2.75) is 51.2 Å². The molecule has 10 nitrogen and oxygen atoms in total. The van der Waals surface area contributed by atoms with E-state index in [9.17, 15) is 29.4 Å². The molecule has 0 aliphatic heterocycles. The molecule has 0 spiro atoms. The van der Waals surface area contributed by atoms with E-state index in [1.54, 1.807) is 19.1 Å². The number of carboxylic acids is 1. The van der Waals surface area contributed by atoms with E-state index in [1.807, 2.05) is 13.2 Å². The molecule has 0 aliphatic carbocycles. The Bertz CT molecular complexity index is 805. The number of nitrogens with two attached hydrogens (primary N) is 1. The molecule has 0 saturated carbocycles. The highest BCUT2D eigenvalue weighted by atomic mass is 32.2. The van der Waals surface area contributed by atoms with Crippen LogP contribution in [0.1, 0.15) is 32.3 Å². The number of carbonyl (C=O) groups is 4. The highest BCUT2D eigenvalue weighted by Gasteiger charge is 2.31. The number of aliphatic carboxylic acids is 1. The summed E-state index contributed by atoms with van der Waals surface area (Å²) in [7, 11) is 0. The van der Waals surface area contributed by atoms with Crippen molar-refractivity contribution in [2.75, 3.05) is 18.6 Å². The molecular formula is C22H34N4O6S. The minimum atomic E-state index is -1.22. The molecule has 0 bridgehead atoms. The first-order chi connectivity index (χ1) is 15.6. The lowest BCUT2D eigenvalue weighted by molar-refractivity contribution is -0.142. The Morgan fingerprint density at radius 1 is 1.03 bits per heavy atom. The van der Waals surface area contributed by atoms with Crippen molar-refractivity contribution in [1.82, 2.24) is 16.0 Å². The van der Waals surface area contributed by atoms with Crippen molar-refractivity contribution in [1.29, 1.82) is 0 Å². The summed E-state index contributed by atoms with van der Waals surface area (Å²) in [6.45, 7) is 3.41.